The first kappa shape index (κ1) is 10.1. The summed E-state index contributed by atoms with van der Waals surface area (Å²) in [5.41, 5.74) is 0. The molecule has 0 aromatic carbocycles. The SMILES string of the molecule is Ic1ccnc(OCC2CCCC2)n1. The zero-order valence-electron chi connectivity index (χ0n) is 7.95. The summed E-state index contributed by atoms with van der Waals surface area (Å²) in [7, 11) is 0. The van der Waals surface area contributed by atoms with Crippen LogP contribution < -0.4 is 4.74 Å². The third kappa shape index (κ3) is 2.80. The van der Waals surface area contributed by atoms with Crippen LogP contribution in [0.2, 0.25) is 0 Å². The Bertz CT molecular complexity index is 300. The second-order valence-corrected chi connectivity index (χ2v) is 4.73. The summed E-state index contributed by atoms with van der Waals surface area (Å²) in [5, 5.41) is 0. The van der Waals surface area contributed by atoms with E-state index in [1.54, 1.807) is 6.20 Å². The minimum absolute atomic E-state index is 0.517. The Kier molecular flexibility index (Phi) is 3.55. The van der Waals surface area contributed by atoms with E-state index in [1.165, 1.54) is 25.7 Å². The molecule has 0 aliphatic heterocycles. The Balaban J connectivity index is 1.85. The number of nitrogens with zero attached hydrogens (tertiary/aromatic N) is 2. The molecule has 1 aliphatic rings. The Labute approximate surface area is 97.4 Å². The molecule has 3 nitrogen and oxygen atoms in total. The Morgan fingerprint density at radius 3 is 2.93 bits per heavy atom. The van der Waals surface area contributed by atoms with E-state index in [4.69, 9.17) is 4.74 Å². The molecule has 0 unspecified atom stereocenters. The van der Waals surface area contributed by atoms with Gasteiger partial charge in [-0.15, -0.1) is 0 Å². The Morgan fingerprint density at radius 2 is 2.21 bits per heavy atom. The lowest BCUT2D eigenvalue weighted by Gasteiger charge is -2.09. The number of aromatic nitrogens is 2. The predicted molar refractivity (Wildman–Crippen MR) is 62.2 cm³/mol. The van der Waals surface area contributed by atoms with Crippen LogP contribution in [0.1, 0.15) is 25.7 Å². The van der Waals surface area contributed by atoms with Crippen molar-refractivity contribution in [2.45, 2.75) is 25.7 Å². The average molecular weight is 304 g/mol. The van der Waals surface area contributed by atoms with E-state index >= 15 is 0 Å². The molecule has 1 fully saturated rings. The predicted octanol–water partition coefficient (Wildman–Crippen LogP) is 2.65. The van der Waals surface area contributed by atoms with Crippen LogP contribution in [0.3, 0.4) is 0 Å². The van der Waals surface area contributed by atoms with Crippen molar-refractivity contribution in [2.75, 3.05) is 6.61 Å². The highest BCUT2D eigenvalue weighted by Crippen LogP contribution is 2.24. The lowest BCUT2D eigenvalue weighted by molar-refractivity contribution is 0.233. The molecule has 0 bridgehead atoms. The van der Waals surface area contributed by atoms with Gasteiger partial charge in [-0.25, -0.2) is 4.98 Å². The monoisotopic (exact) mass is 304 g/mol. The van der Waals surface area contributed by atoms with Crippen molar-refractivity contribution >= 4 is 22.6 Å². The van der Waals surface area contributed by atoms with E-state index in [2.05, 4.69) is 32.6 Å². The molecule has 0 radical (unpaired) electrons. The molecule has 0 saturated heterocycles. The normalized spacial score (nSPS) is 17.2. The molecule has 1 saturated carbocycles. The first-order valence-corrected chi connectivity index (χ1v) is 6.04. The summed E-state index contributed by atoms with van der Waals surface area (Å²) in [6, 6.07) is 2.38. The molecule has 1 aromatic rings. The third-order valence-electron chi connectivity index (χ3n) is 2.52. The van der Waals surface area contributed by atoms with Crippen molar-refractivity contribution in [1.29, 1.82) is 0 Å². The molecule has 1 aliphatic carbocycles. The van der Waals surface area contributed by atoms with Crippen molar-refractivity contribution in [3.8, 4) is 6.01 Å². The van der Waals surface area contributed by atoms with Gasteiger partial charge < -0.3 is 4.74 Å². The van der Waals surface area contributed by atoms with Crippen LogP contribution in [-0.4, -0.2) is 16.6 Å². The first-order valence-electron chi connectivity index (χ1n) is 4.96. The molecule has 0 amide bonds. The van der Waals surface area contributed by atoms with E-state index < -0.39 is 0 Å². The molecule has 4 heteroatoms. The molecule has 14 heavy (non-hydrogen) atoms. The van der Waals surface area contributed by atoms with Crippen LogP contribution in [-0.2, 0) is 0 Å². The number of halogens is 1. The van der Waals surface area contributed by atoms with E-state index in [-0.39, 0.29) is 0 Å². The minimum Gasteiger partial charge on any atom is -0.463 e. The van der Waals surface area contributed by atoms with E-state index in [1.807, 2.05) is 6.07 Å². The lowest BCUT2D eigenvalue weighted by atomic mass is 10.1. The fraction of sp³-hybridized carbons (Fsp3) is 0.600. The highest BCUT2D eigenvalue weighted by molar-refractivity contribution is 14.1. The van der Waals surface area contributed by atoms with Gasteiger partial charge in [0.05, 0.1) is 6.61 Å². The molecule has 2 rings (SSSR count). The van der Waals surface area contributed by atoms with E-state index in [0.717, 1.165) is 16.2 Å². The number of hydrogen-bond donors (Lipinski definition) is 0. The number of rotatable bonds is 3. The summed E-state index contributed by atoms with van der Waals surface area (Å²) in [6.07, 6.45) is 7.02. The lowest BCUT2D eigenvalue weighted by Crippen LogP contribution is -2.09. The topological polar surface area (TPSA) is 35.0 Å². The maximum atomic E-state index is 5.54. The van der Waals surface area contributed by atoms with Gasteiger partial charge in [0, 0.05) is 6.20 Å². The van der Waals surface area contributed by atoms with Crippen molar-refractivity contribution in [2.24, 2.45) is 5.92 Å². The van der Waals surface area contributed by atoms with Crippen LogP contribution in [0.5, 0.6) is 6.01 Å². The molecule has 1 heterocycles. The zero-order chi connectivity index (χ0) is 9.80. The molecule has 0 N–H and O–H groups in total. The second kappa shape index (κ2) is 4.91. The van der Waals surface area contributed by atoms with Crippen LogP contribution >= 0.6 is 22.6 Å². The fourth-order valence-corrected chi connectivity index (χ4v) is 2.13. The summed E-state index contributed by atoms with van der Waals surface area (Å²) in [5.74, 6) is 0.719. The van der Waals surface area contributed by atoms with Gasteiger partial charge in [0.15, 0.2) is 0 Å². The van der Waals surface area contributed by atoms with Crippen LogP contribution in [0, 0.1) is 9.62 Å². The van der Waals surface area contributed by atoms with Gasteiger partial charge in [0.2, 0.25) is 0 Å². The molecular formula is C10H13IN2O. The van der Waals surface area contributed by atoms with Crippen molar-refractivity contribution < 1.29 is 4.74 Å². The molecule has 0 spiro atoms. The van der Waals surface area contributed by atoms with Gasteiger partial charge in [-0.1, -0.05) is 12.8 Å². The van der Waals surface area contributed by atoms with Crippen LogP contribution in [0.15, 0.2) is 12.3 Å². The largest absolute Gasteiger partial charge is 0.463 e. The Hall–Kier alpha value is -0.390. The number of ether oxygens (including phenoxy) is 1. The van der Waals surface area contributed by atoms with Gasteiger partial charge >= 0.3 is 6.01 Å². The summed E-state index contributed by atoms with van der Waals surface area (Å²) >= 11 is 2.16. The molecule has 76 valence electrons. The smallest absolute Gasteiger partial charge is 0.317 e. The second-order valence-electron chi connectivity index (χ2n) is 3.62. The van der Waals surface area contributed by atoms with Crippen molar-refractivity contribution in [3.05, 3.63) is 16.0 Å². The fourth-order valence-electron chi connectivity index (χ4n) is 1.76. The highest BCUT2D eigenvalue weighted by atomic mass is 127. The summed E-state index contributed by atoms with van der Waals surface area (Å²) in [4.78, 5) is 8.25. The quantitative estimate of drug-likeness (QED) is 0.636. The van der Waals surface area contributed by atoms with Gasteiger partial charge in [-0.05, 0) is 47.4 Å². The maximum Gasteiger partial charge on any atom is 0.317 e. The van der Waals surface area contributed by atoms with Gasteiger partial charge in [0.1, 0.15) is 3.70 Å². The van der Waals surface area contributed by atoms with Crippen molar-refractivity contribution in [1.82, 2.24) is 9.97 Å². The first-order chi connectivity index (χ1) is 6.84. The zero-order valence-corrected chi connectivity index (χ0v) is 10.1. The minimum atomic E-state index is 0.517. The van der Waals surface area contributed by atoms with Crippen LogP contribution in [0.4, 0.5) is 0 Å². The van der Waals surface area contributed by atoms with Gasteiger partial charge in [0.25, 0.3) is 0 Å². The van der Waals surface area contributed by atoms with Gasteiger partial charge in [-0.3, -0.25) is 0 Å². The van der Waals surface area contributed by atoms with E-state index in [9.17, 15) is 0 Å². The third-order valence-corrected chi connectivity index (χ3v) is 3.12. The average Bonchev–Trinajstić information content (AvgIpc) is 2.67. The molecular weight excluding hydrogens is 291 g/mol. The number of hydrogen-bond acceptors (Lipinski definition) is 3. The Morgan fingerprint density at radius 1 is 1.43 bits per heavy atom. The van der Waals surface area contributed by atoms with Crippen molar-refractivity contribution in [3.63, 3.8) is 0 Å². The van der Waals surface area contributed by atoms with Crippen LogP contribution in [0.25, 0.3) is 0 Å². The summed E-state index contributed by atoms with van der Waals surface area (Å²) in [6.45, 7) is 0.778. The molecule has 1 aromatic heterocycles. The highest BCUT2D eigenvalue weighted by Gasteiger charge is 2.15. The maximum absolute atomic E-state index is 5.54. The van der Waals surface area contributed by atoms with E-state index in [0.29, 0.717) is 6.01 Å². The standard InChI is InChI=1S/C10H13IN2O/c11-9-5-6-12-10(13-9)14-7-8-3-1-2-4-8/h5-6,8H,1-4,7H2. The molecule has 0 atom stereocenters. The summed E-state index contributed by atoms with van der Waals surface area (Å²) < 4.78 is 6.47. The van der Waals surface area contributed by atoms with Gasteiger partial charge in [-0.2, -0.15) is 4.98 Å².